The van der Waals surface area contributed by atoms with Gasteiger partial charge in [0.1, 0.15) is 0 Å². The van der Waals surface area contributed by atoms with Crippen LogP contribution in [0.25, 0.3) is 0 Å². The summed E-state index contributed by atoms with van der Waals surface area (Å²) in [6.45, 7) is 3.24. The molecule has 0 saturated carbocycles. The number of alkyl halides is 6. The monoisotopic (exact) mass is 374 g/mol. The van der Waals surface area contributed by atoms with Gasteiger partial charge in [0.25, 0.3) is 0 Å². The molecule has 24 heavy (non-hydrogen) atoms. The van der Waals surface area contributed by atoms with Crippen LogP contribution in [0.1, 0.15) is 16.7 Å². The van der Waals surface area contributed by atoms with E-state index in [0.717, 1.165) is 25.2 Å². The molecule has 0 spiro atoms. The minimum atomic E-state index is -4.79. The summed E-state index contributed by atoms with van der Waals surface area (Å²) in [7, 11) is 0. The van der Waals surface area contributed by atoms with Crippen molar-refractivity contribution in [2.45, 2.75) is 18.9 Å². The first kappa shape index (κ1) is 19.3. The predicted molar refractivity (Wildman–Crippen MR) is 78.8 cm³/mol. The minimum Gasteiger partial charge on any atom is -0.316 e. The predicted octanol–water partition coefficient (Wildman–Crippen LogP) is 3.80. The number of nitrogens with zero attached hydrogens (tertiary/aromatic N) is 1. The highest BCUT2D eigenvalue weighted by atomic mass is 35.5. The molecule has 2 heterocycles. The van der Waals surface area contributed by atoms with E-state index in [1.54, 1.807) is 0 Å². The summed E-state index contributed by atoms with van der Waals surface area (Å²) in [4.78, 5) is 1.94. The van der Waals surface area contributed by atoms with E-state index >= 15 is 0 Å². The smallest absolute Gasteiger partial charge is 0.316 e. The third-order valence-electron chi connectivity index (χ3n) is 4.52. The molecule has 9 heteroatoms. The van der Waals surface area contributed by atoms with Crippen LogP contribution in [0.2, 0.25) is 0 Å². The first-order valence-electron chi connectivity index (χ1n) is 7.34. The number of benzene rings is 1. The third kappa shape index (κ3) is 4.15. The van der Waals surface area contributed by atoms with E-state index in [1.807, 2.05) is 4.90 Å². The lowest BCUT2D eigenvalue weighted by molar-refractivity contribution is -0.143. The first-order chi connectivity index (χ1) is 10.6. The van der Waals surface area contributed by atoms with Crippen LogP contribution in [-0.2, 0) is 18.9 Å². The van der Waals surface area contributed by atoms with Gasteiger partial charge in [-0.2, -0.15) is 26.3 Å². The maximum absolute atomic E-state index is 12.8. The average Bonchev–Trinajstić information content (AvgIpc) is 2.97. The number of nitrogens with one attached hydrogen (secondary N) is 1. The van der Waals surface area contributed by atoms with Crippen LogP contribution < -0.4 is 5.32 Å². The van der Waals surface area contributed by atoms with Crippen molar-refractivity contribution in [3.05, 3.63) is 34.9 Å². The minimum absolute atomic E-state index is 0. The molecule has 0 bridgehead atoms. The van der Waals surface area contributed by atoms with Crippen molar-refractivity contribution in [1.82, 2.24) is 10.2 Å². The molecular formula is C15H17ClF6N2. The summed E-state index contributed by atoms with van der Waals surface area (Å²) in [5.41, 5.74) is -2.44. The number of hydrogen-bond donors (Lipinski definition) is 1. The van der Waals surface area contributed by atoms with Crippen LogP contribution >= 0.6 is 12.4 Å². The molecular weight excluding hydrogens is 358 g/mol. The van der Waals surface area contributed by atoms with Crippen molar-refractivity contribution in [2.75, 3.05) is 26.2 Å². The van der Waals surface area contributed by atoms with Crippen LogP contribution in [0.15, 0.2) is 18.2 Å². The Morgan fingerprint density at radius 3 is 1.75 bits per heavy atom. The molecule has 2 saturated heterocycles. The number of hydrogen-bond acceptors (Lipinski definition) is 2. The van der Waals surface area contributed by atoms with E-state index in [4.69, 9.17) is 0 Å². The standard InChI is InChI=1S/C15H16F6N2.ClH/c16-14(17,18)12-1-9(2-13(3-12)15(19,20)21)6-23-7-10-4-22-5-11(10)8-23;/h1-3,10-11,22H,4-8H2;1H/t10-,11+;. The molecule has 2 aliphatic rings. The molecule has 2 fully saturated rings. The molecule has 2 aliphatic heterocycles. The maximum Gasteiger partial charge on any atom is 0.416 e. The SMILES string of the molecule is Cl.FC(F)(F)c1cc(CN2C[C@H]3CNC[C@H]3C2)cc(C(F)(F)F)c1. The van der Waals surface area contributed by atoms with Gasteiger partial charge in [0, 0.05) is 19.6 Å². The Kier molecular flexibility index (Phi) is 5.42. The van der Waals surface area contributed by atoms with Gasteiger partial charge in [0.2, 0.25) is 0 Å². The molecule has 2 atom stereocenters. The Bertz CT molecular complexity index is 542. The molecule has 136 valence electrons. The second kappa shape index (κ2) is 6.72. The summed E-state index contributed by atoms with van der Waals surface area (Å²) in [6.07, 6.45) is -9.58. The fraction of sp³-hybridized carbons (Fsp3) is 0.600. The van der Waals surface area contributed by atoms with Crippen molar-refractivity contribution < 1.29 is 26.3 Å². The second-order valence-corrected chi connectivity index (χ2v) is 6.29. The number of fused-ring (bicyclic) bond motifs is 1. The average molecular weight is 375 g/mol. The number of likely N-dealkylation sites (tertiary alicyclic amines) is 1. The number of halogens is 7. The fourth-order valence-corrected chi connectivity index (χ4v) is 3.45. The highest BCUT2D eigenvalue weighted by molar-refractivity contribution is 5.85. The van der Waals surface area contributed by atoms with Crippen molar-refractivity contribution in [3.63, 3.8) is 0 Å². The van der Waals surface area contributed by atoms with E-state index in [9.17, 15) is 26.3 Å². The van der Waals surface area contributed by atoms with Crippen molar-refractivity contribution in [2.24, 2.45) is 11.8 Å². The normalized spacial score (nSPS) is 24.8. The van der Waals surface area contributed by atoms with Gasteiger partial charge in [0.15, 0.2) is 0 Å². The van der Waals surface area contributed by atoms with Gasteiger partial charge in [-0.25, -0.2) is 0 Å². The van der Waals surface area contributed by atoms with Crippen LogP contribution in [0.4, 0.5) is 26.3 Å². The zero-order valence-corrected chi connectivity index (χ0v) is 13.4. The van der Waals surface area contributed by atoms with Crippen molar-refractivity contribution in [1.29, 1.82) is 0 Å². The summed E-state index contributed by atoms with van der Waals surface area (Å²) < 4.78 is 77.1. The lowest BCUT2D eigenvalue weighted by Gasteiger charge is -2.19. The lowest BCUT2D eigenvalue weighted by atomic mass is 10.0. The first-order valence-corrected chi connectivity index (χ1v) is 7.34. The fourth-order valence-electron chi connectivity index (χ4n) is 3.45. The summed E-state index contributed by atoms with van der Waals surface area (Å²) in [5.74, 6) is 0.866. The summed E-state index contributed by atoms with van der Waals surface area (Å²) >= 11 is 0. The van der Waals surface area contributed by atoms with Gasteiger partial charge >= 0.3 is 12.4 Å². The van der Waals surface area contributed by atoms with Gasteiger partial charge in [-0.15, -0.1) is 12.4 Å². The zero-order chi connectivity index (χ0) is 16.8. The third-order valence-corrected chi connectivity index (χ3v) is 4.52. The Hall–Kier alpha value is -0.990. The van der Waals surface area contributed by atoms with Crippen LogP contribution in [0.3, 0.4) is 0 Å². The van der Waals surface area contributed by atoms with Crippen LogP contribution in [-0.4, -0.2) is 31.1 Å². The quantitative estimate of drug-likeness (QED) is 0.792. The Morgan fingerprint density at radius 1 is 0.875 bits per heavy atom. The summed E-state index contributed by atoms with van der Waals surface area (Å²) in [5, 5.41) is 3.24. The molecule has 0 aliphatic carbocycles. The molecule has 1 aromatic carbocycles. The number of rotatable bonds is 2. The topological polar surface area (TPSA) is 15.3 Å². The van der Waals surface area contributed by atoms with Gasteiger partial charge < -0.3 is 5.32 Å². The largest absolute Gasteiger partial charge is 0.416 e. The van der Waals surface area contributed by atoms with Gasteiger partial charge in [-0.05, 0) is 48.7 Å². The Labute approximate surface area is 141 Å². The van der Waals surface area contributed by atoms with Crippen molar-refractivity contribution >= 4 is 12.4 Å². The Morgan fingerprint density at radius 2 is 1.33 bits per heavy atom. The van der Waals surface area contributed by atoms with Gasteiger partial charge in [-0.1, -0.05) is 0 Å². The maximum atomic E-state index is 12.8. The molecule has 2 nitrogen and oxygen atoms in total. The molecule has 1 N–H and O–H groups in total. The molecule has 0 unspecified atom stereocenters. The highest BCUT2D eigenvalue weighted by Gasteiger charge is 2.38. The Balaban J connectivity index is 0.00000208. The molecule has 0 radical (unpaired) electrons. The molecule has 1 aromatic rings. The van der Waals surface area contributed by atoms with Gasteiger partial charge in [-0.3, -0.25) is 4.90 Å². The van der Waals surface area contributed by atoms with E-state index in [1.165, 1.54) is 0 Å². The molecule has 3 rings (SSSR count). The van der Waals surface area contributed by atoms with E-state index < -0.39 is 23.5 Å². The second-order valence-electron chi connectivity index (χ2n) is 6.29. The van der Waals surface area contributed by atoms with Gasteiger partial charge in [0.05, 0.1) is 11.1 Å². The van der Waals surface area contributed by atoms with E-state index in [0.29, 0.717) is 24.9 Å². The van der Waals surface area contributed by atoms with E-state index in [2.05, 4.69) is 5.32 Å². The molecule has 0 amide bonds. The highest BCUT2D eigenvalue weighted by Crippen LogP contribution is 2.37. The molecule has 0 aromatic heterocycles. The van der Waals surface area contributed by atoms with Crippen molar-refractivity contribution in [3.8, 4) is 0 Å². The van der Waals surface area contributed by atoms with Crippen LogP contribution in [0.5, 0.6) is 0 Å². The lowest BCUT2D eigenvalue weighted by Crippen LogP contribution is -2.25. The van der Waals surface area contributed by atoms with Crippen LogP contribution in [0, 0.1) is 11.8 Å². The summed E-state index contributed by atoms with van der Waals surface area (Å²) in [6, 6.07) is 1.81. The van der Waals surface area contributed by atoms with E-state index in [-0.39, 0.29) is 30.6 Å². The zero-order valence-electron chi connectivity index (χ0n) is 12.5.